The summed E-state index contributed by atoms with van der Waals surface area (Å²) in [5.41, 5.74) is 0.724. The van der Waals surface area contributed by atoms with Crippen LogP contribution in [0.3, 0.4) is 0 Å². The zero-order valence-electron chi connectivity index (χ0n) is 15.3. The first kappa shape index (κ1) is 21.3. The van der Waals surface area contributed by atoms with Gasteiger partial charge in [0.15, 0.2) is 0 Å². The van der Waals surface area contributed by atoms with Crippen molar-refractivity contribution in [2.75, 3.05) is 10.6 Å². The number of hydrogen-bond acceptors (Lipinski definition) is 7. The van der Waals surface area contributed by atoms with Gasteiger partial charge in [-0.2, -0.15) is 4.98 Å². The Labute approximate surface area is 180 Å². The average Bonchev–Trinajstić information content (AvgIpc) is 2.70. The van der Waals surface area contributed by atoms with E-state index in [1.807, 2.05) is 0 Å². The maximum Gasteiger partial charge on any atom is 0.329 e. The molecule has 1 aromatic heterocycles. The summed E-state index contributed by atoms with van der Waals surface area (Å²) in [6, 6.07) is 12.2. The van der Waals surface area contributed by atoms with Crippen molar-refractivity contribution in [2.45, 2.75) is 12.5 Å². The maximum absolute atomic E-state index is 11.8. The lowest BCUT2D eigenvalue weighted by Crippen LogP contribution is -2.32. The molecule has 3 rings (SSSR count). The molecule has 0 spiro atoms. The zero-order valence-corrected chi connectivity index (χ0v) is 16.8. The molecule has 0 amide bonds. The fourth-order valence-electron chi connectivity index (χ4n) is 2.59. The smallest absolute Gasteiger partial charge is 0.329 e. The van der Waals surface area contributed by atoms with Gasteiger partial charge in [-0.1, -0.05) is 41.4 Å². The van der Waals surface area contributed by atoms with Crippen molar-refractivity contribution in [3.63, 3.8) is 0 Å². The van der Waals surface area contributed by atoms with E-state index in [1.54, 1.807) is 48.5 Å². The molecule has 154 valence electrons. The van der Waals surface area contributed by atoms with Crippen LogP contribution in [-0.4, -0.2) is 32.0 Å². The van der Waals surface area contributed by atoms with Crippen LogP contribution >= 0.6 is 23.2 Å². The van der Waals surface area contributed by atoms with Gasteiger partial charge in [0.25, 0.3) is 0 Å². The van der Waals surface area contributed by atoms with Gasteiger partial charge in [0.2, 0.25) is 11.8 Å². The first-order valence-electron chi connectivity index (χ1n) is 8.60. The van der Waals surface area contributed by atoms with Crippen LogP contribution in [0.1, 0.15) is 5.56 Å². The van der Waals surface area contributed by atoms with Crippen molar-refractivity contribution in [2.24, 2.45) is 0 Å². The lowest BCUT2D eigenvalue weighted by atomic mass is 10.1. The van der Waals surface area contributed by atoms with Gasteiger partial charge in [-0.3, -0.25) is 10.1 Å². The zero-order chi connectivity index (χ0) is 21.7. The number of halogens is 2. The summed E-state index contributed by atoms with van der Waals surface area (Å²) < 4.78 is 0. The van der Waals surface area contributed by atoms with Crippen molar-refractivity contribution in [3.8, 4) is 0 Å². The summed E-state index contributed by atoms with van der Waals surface area (Å²) in [6.07, 6.45) is 0.998. The normalized spacial score (nSPS) is 11.5. The Morgan fingerprint density at radius 2 is 1.87 bits per heavy atom. The lowest BCUT2D eigenvalue weighted by Gasteiger charge is -2.16. The molecular weight excluding hydrogens is 433 g/mol. The molecule has 3 aromatic rings. The van der Waals surface area contributed by atoms with Crippen LogP contribution in [0.5, 0.6) is 0 Å². The Morgan fingerprint density at radius 1 is 1.17 bits per heavy atom. The van der Waals surface area contributed by atoms with Gasteiger partial charge in [0.05, 0.1) is 4.92 Å². The average molecular weight is 448 g/mol. The standard InChI is InChI=1S/C19H15Cl2N5O4/c20-12-5-7-13(8-6-12)23-19-22-10-16(26(29)30)17(25-19)24-15(18(27)28)9-11-3-1-2-4-14(11)21/h1-8,10,15H,9H2,(H,27,28)(H2,22,23,24,25). The van der Waals surface area contributed by atoms with Crippen LogP contribution in [0.4, 0.5) is 23.1 Å². The Kier molecular flexibility index (Phi) is 6.65. The molecule has 0 aliphatic heterocycles. The van der Waals surface area contributed by atoms with Crippen LogP contribution < -0.4 is 10.6 Å². The minimum absolute atomic E-state index is 0.00386. The molecule has 30 heavy (non-hydrogen) atoms. The number of aliphatic carboxylic acids is 1. The molecule has 0 aliphatic rings. The van der Waals surface area contributed by atoms with E-state index in [-0.39, 0.29) is 18.2 Å². The number of carboxylic acids is 1. The predicted molar refractivity (Wildman–Crippen MR) is 114 cm³/mol. The second-order valence-corrected chi connectivity index (χ2v) is 6.99. The number of carbonyl (C=O) groups is 1. The summed E-state index contributed by atoms with van der Waals surface area (Å²) in [4.78, 5) is 30.5. The molecule has 11 heteroatoms. The molecule has 2 aromatic carbocycles. The van der Waals surface area contributed by atoms with Crippen LogP contribution in [0.15, 0.2) is 54.7 Å². The van der Waals surface area contributed by atoms with Crippen molar-refractivity contribution < 1.29 is 14.8 Å². The van der Waals surface area contributed by atoms with Crippen LogP contribution in [0.25, 0.3) is 0 Å². The Bertz CT molecular complexity index is 1080. The van der Waals surface area contributed by atoms with Gasteiger partial charge in [0, 0.05) is 22.2 Å². The fourth-order valence-corrected chi connectivity index (χ4v) is 2.93. The molecule has 0 aliphatic carbocycles. The topological polar surface area (TPSA) is 130 Å². The van der Waals surface area contributed by atoms with Crippen molar-refractivity contribution in [1.29, 1.82) is 0 Å². The SMILES string of the molecule is O=C(O)C(Cc1ccccc1Cl)Nc1nc(Nc2ccc(Cl)cc2)ncc1[N+](=O)[O-]. The molecule has 0 saturated carbocycles. The summed E-state index contributed by atoms with van der Waals surface area (Å²) >= 11 is 12.0. The number of carboxylic acid groups (broad SMARTS) is 1. The summed E-state index contributed by atoms with van der Waals surface area (Å²) in [5.74, 6) is -1.40. The van der Waals surface area contributed by atoms with E-state index < -0.39 is 22.6 Å². The van der Waals surface area contributed by atoms with Crippen LogP contribution in [-0.2, 0) is 11.2 Å². The molecule has 1 heterocycles. The number of hydrogen-bond donors (Lipinski definition) is 3. The number of nitrogens with zero attached hydrogens (tertiary/aromatic N) is 3. The van der Waals surface area contributed by atoms with Crippen LogP contribution in [0.2, 0.25) is 10.0 Å². The third-order valence-electron chi connectivity index (χ3n) is 4.06. The Morgan fingerprint density at radius 3 is 2.50 bits per heavy atom. The largest absolute Gasteiger partial charge is 0.480 e. The third-order valence-corrected chi connectivity index (χ3v) is 4.68. The van der Waals surface area contributed by atoms with Gasteiger partial charge < -0.3 is 15.7 Å². The van der Waals surface area contributed by atoms with E-state index >= 15 is 0 Å². The minimum atomic E-state index is -1.21. The van der Waals surface area contributed by atoms with E-state index in [0.717, 1.165) is 6.20 Å². The molecule has 0 saturated heterocycles. The number of rotatable bonds is 8. The second-order valence-electron chi connectivity index (χ2n) is 6.15. The highest BCUT2D eigenvalue weighted by atomic mass is 35.5. The molecule has 9 nitrogen and oxygen atoms in total. The van der Waals surface area contributed by atoms with Crippen molar-refractivity contribution >= 4 is 52.3 Å². The third kappa shape index (κ3) is 5.34. The molecule has 3 N–H and O–H groups in total. The van der Waals surface area contributed by atoms with Gasteiger partial charge >= 0.3 is 11.7 Å². The van der Waals surface area contributed by atoms with Crippen molar-refractivity contribution in [1.82, 2.24) is 9.97 Å². The van der Waals surface area contributed by atoms with Crippen molar-refractivity contribution in [3.05, 3.63) is 80.5 Å². The van der Waals surface area contributed by atoms with Gasteiger partial charge in [-0.15, -0.1) is 0 Å². The highest BCUT2D eigenvalue weighted by Gasteiger charge is 2.25. The Balaban J connectivity index is 1.89. The maximum atomic E-state index is 11.8. The molecule has 0 bridgehead atoms. The van der Waals surface area contributed by atoms with Gasteiger partial charge in [0.1, 0.15) is 12.2 Å². The highest BCUT2D eigenvalue weighted by molar-refractivity contribution is 6.31. The minimum Gasteiger partial charge on any atom is -0.480 e. The predicted octanol–water partition coefficient (Wildman–Crippen LogP) is 4.54. The van der Waals surface area contributed by atoms with E-state index in [4.69, 9.17) is 23.2 Å². The number of nitro groups is 1. The number of benzene rings is 2. The highest BCUT2D eigenvalue weighted by Crippen LogP contribution is 2.26. The number of nitrogens with one attached hydrogen (secondary N) is 2. The quantitative estimate of drug-likeness (QED) is 0.338. The summed E-state index contributed by atoms with van der Waals surface area (Å²) in [7, 11) is 0. The molecule has 1 atom stereocenters. The molecular formula is C19H15Cl2N5O4. The summed E-state index contributed by atoms with van der Waals surface area (Å²) in [5, 5.41) is 27.4. The van der Waals surface area contributed by atoms with Crippen LogP contribution in [0, 0.1) is 10.1 Å². The van der Waals surface area contributed by atoms with Gasteiger partial charge in [-0.05, 0) is 35.9 Å². The first-order chi connectivity index (χ1) is 14.3. The first-order valence-corrected chi connectivity index (χ1v) is 9.36. The second kappa shape index (κ2) is 9.38. The van der Waals surface area contributed by atoms with E-state index in [2.05, 4.69) is 20.6 Å². The molecule has 1 unspecified atom stereocenters. The molecule has 0 fully saturated rings. The molecule has 0 radical (unpaired) electrons. The van der Waals surface area contributed by atoms with E-state index in [1.165, 1.54) is 0 Å². The monoisotopic (exact) mass is 447 g/mol. The lowest BCUT2D eigenvalue weighted by molar-refractivity contribution is -0.384. The summed E-state index contributed by atoms with van der Waals surface area (Å²) in [6.45, 7) is 0. The van der Waals surface area contributed by atoms with Gasteiger partial charge in [-0.25, -0.2) is 9.78 Å². The Hall–Kier alpha value is -3.43. The number of anilines is 3. The van der Waals surface area contributed by atoms with E-state index in [0.29, 0.717) is 21.3 Å². The fraction of sp³-hybridized carbons (Fsp3) is 0.105. The number of aromatic nitrogens is 2. The van der Waals surface area contributed by atoms with E-state index in [9.17, 15) is 20.0 Å².